The Morgan fingerprint density at radius 3 is 2.79 bits per heavy atom. The Morgan fingerprint density at radius 1 is 1.64 bits per heavy atom. The number of aliphatic carboxylic acids is 1. The first-order chi connectivity index (χ1) is 6.65. The van der Waals surface area contributed by atoms with Gasteiger partial charge < -0.3 is 15.5 Å². The molecule has 14 heavy (non-hydrogen) atoms. The Hall–Kier alpha value is -1.89. The monoisotopic (exact) mass is 199 g/mol. The summed E-state index contributed by atoms with van der Waals surface area (Å²) in [6.07, 6.45) is 2.58. The topological polar surface area (TPSA) is 115 Å². The number of rotatable bonds is 4. The van der Waals surface area contributed by atoms with Crippen LogP contribution in [-0.2, 0) is 4.79 Å². The van der Waals surface area contributed by atoms with Crippen LogP contribution in [0.3, 0.4) is 0 Å². The molecule has 0 aliphatic carbocycles. The highest BCUT2D eigenvalue weighted by Gasteiger charge is 2.19. The molecule has 0 spiro atoms. The third-order valence-electron chi connectivity index (χ3n) is 1.55. The molecule has 1 unspecified atom stereocenters. The molecule has 7 heteroatoms. The average Bonchev–Trinajstić information content (AvgIpc) is 2.65. The number of aliphatic hydroxyl groups is 1. The summed E-state index contributed by atoms with van der Waals surface area (Å²) in [5.41, 5.74) is 0.213. The van der Waals surface area contributed by atoms with Gasteiger partial charge in [0.2, 0.25) is 0 Å². The highest BCUT2D eigenvalue weighted by Crippen LogP contribution is 1.94. The van der Waals surface area contributed by atoms with Gasteiger partial charge in [0.05, 0.1) is 18.4 Å². The van der Waals surface area contributed by atoms with Gasteiger partial charge in [-0.2, -0.15) is 5.10 Å². The fourth-order valence-electron chi connectivity index (χ4n) is 0.802. The number of carboxylic acids is 1. The molecule has 0 aromatic carbocycles. The Balaban J connectivity index is 2.60. The van der Waals surface area contributed by atoms with E-state index in [2.05, 4.69) is 15.5 Å². The lowest BCUT2D eigenvalue weighted by molar-refractivity contribution is -0.140. The molecule has 76 valence electrons. The van der Waals surface area contributed by atoms with Crippen LogP contribution in [0.4, 0.5) is 0 Å². The van der Waals surface area contributed by atoms with Crippen LogP contribution in [0, 0.1) is 0 Å². The van der Waals surface area contributed by atoms with Gasteiger partial charge in [-0.3, -0.25) is 9.89 Å². The number of nitrogens with one attached hydrogen (secondary N) is 2. The van der Waals surface area contributed by atoms with Crippen molar-refractivity contribution in [2.24, 2.45) is 0 Å². The molecule has 1 aromatic heterocycles. The summed E-state index contributed by atoms with van der Waals surface area (Å²) < 4.78 is 0. The zero-order chi connectivity index (χ0) is 10.6. The molecule has 0 aliphatic heterocycles. The number of aromatic amines is 1. The minimum absolute atomic E-state index is 0.213. The van der Waals surface area contributed by atoms with Crippen LogP contribution >= 0.6 is 0 Å². The third-order valence-corrected chi connectivity index (χ3v) is 1.55. The molecule has 0 saturated carbocycles. The summed E-state index contributed by atoms with van der Waals surface area (Å²) in [6.45, 7) is -0.654. The van der Waals surface area contributed by atoms with Gasteiger partial charge in [0.1, 0.15) is 0 Å². The number of hydrogen-bond acceptors (Lipinski definition) is 4. The van der Waals surface area contributed by atoms with Crippen LogP contribution in [-0.4, -0.2) is 44.9 Å². The van der Waals surface area contributed by atoms with Gasteiger partial charge in [-0.1, -0.05) is 0 Å². The molecule has 0 saturated heterocycles. The number of aliphatic hydroxyl groups excluding tert-OH is 1. The third kappa shape index (κ3) is 2.30. The van der Waals surface area contributed by atoms with Gasteiger partial charge in [0, 0.05) is 6.20 Å². The van der Waals surface area contributed by atoms with Crippen molar-refractivity contribution in [2.75, 3.05) is 6.61 Å². The summed E-state index contributed by atoms with van der Waals surface area (Å²) in [5.74, 6) is -1.88. The van der Waals surface area contributed by atoms with Gasteiger partial charge in [-0.15, -0.1) is 0 Å². The smallest absolute Gasteiger partial charge is 0.328 e. The van der Waals surface area contributed by atoms with Crippen LogP contribution < -0.4 is 5.32 Å². The Labute approximate surface area is 78.7 Å². The van der Waals surface area contributed by atoms with Crippen molar-refractivity contribution in [3.8, 4) is 0 Å². The number of carbonyl (C=O) groups is 2. The minimum atomic E-state index is -1.29. The fourth-order valence-corrected chi connectivity index (χ4v) is 0.802. The van der Waals surface area contributed by atoms with Crippen LogP contribution in [0.25, 0.3) is 0 Å². The maximum Gasteiger partial charge on any atom is 0.328 e. The van der Waals surface area contributed by atoms with E-state index in [9.17, 15) is 9.59 Å². The lowest BCUT2D eigenvalue weighted by atomic mass is 10.2. The summed E-state index contributed by atoms with van der Waals surface area (Å²) in [5, 5.41) is 25.2. The maximum atomic E-state index is 11.2. The van der Waals surface area contributed by atoms with Gasteiger partial charge in [0.15, 0.2) is 6.04 Å². The predicted molar refractivity (Wildman–Crippen MR) is 44.6 cm³/mol. The zero-order valence-electron chi connectivity index (χ0n) is 7.10. The molecule has 0 aliphatic rings. The molecule has 7 nitrogen and oxygen atoms in total. The lowest BCUT2D eigenvalue weighted by Crippen LogP contribution is -2.43. The van der Waals surface area contributed by atoms with Gasteiger partial charge in [-0.05, 0) is 0 Å². The second-order valence-corrected chi connectivity index (χ2v) is 2.53. The van der Waals surface area contributed by atoms with Crippen LogP contribution in [0.15, 0.2) is 12.4 Å². The van der Waals surface area contributed by atoms with Crippen molar-refractivity contribution in [2.45, 2.75) is 6.04 Å². The Kier molecular flexibility index (Phi) is 3.19. The second-order valence-electron chi connectivity index (χ2n) is 2.53. The average molecular weight is 199 g/mol. The molecule has 4 N–H and O–H groups in total. The zero-order valence-corrected chi connectivity index (χ0v) is 7.10. The molecular weight excluding hydrogens is 190 g/mol. The number of aromatic nitrogens is 2. The van der Waals surface area contributed by atoms with Crippen molar-refractivity contribution in [3.63, 3.8) is 0 Å². The van der Waals surface area contributed by atoms with E-state index in [1.807, 2.05) is 0 Å². The molecule has 1 rings (SSSR count). The van der Waals surface area contributed by atoms with Gasteiger partial charge >= 0.3 is 5.97 Å². The van der Waals surface area contributed by atoms with Gasteiger partial charge in [0.25, 0.3) is 5.91 Å². The molecule has 1 aromatic rings. The van der Waals surface area contributed by atoms with E-state index < -0.39 is 24.5 Å². The summed E-state index contributed by atoms with van der Waals surface area (Å²) in [4.78, 5) is 21.7. The summed E-state index contributed by atoms with van der Waals surface area (Å²) in [6, 6.07) is -1.29. The quantitative estimate of drug-likeness (QED) is 0.475. The number of hydrogen-bond donors (Lipinski definition) is 4. The minimum Gasteiger partial charge on any atom is -0.480 e. The largest absolute Gasteiger partial charge is 0.480 e. The van der Waals surface area contributed by atoms with E-state index in [-0.39, 0.29) is 5.56 Å². The summed E-state index contributed by atoms with van der Waals surface area (Å²) in [7, 11) is 0. The molecule has 0 bridgehead atoms. The number of amides is 1. The van der Waals surface area contributed by atoms with Crippen molar-refractivity contribution in [1.29, 1.82) is 0 Å². The molecular formula is C7H9N3O4. The standard InChI is InChI=1S/C7H9N3O4/c11-3-5(7(13)14)10-6(12)4-1-8-9-2-4/h1-2,5,11H,3H2,(H,8,9)(H,10,12)(H,13,14). The molecule has 1 heterocycles. The second kappa shape index (κ2) is 4.38. The van der Waals surface area contributed by atoms with Crippen molar-refractivity contribution in [1.82, 2.24) is 15.5 Å². The summed E-state index contributed by atoms with van der Waals surface area (Å²) >= 11 is 0. The van der Waals surface area contributed by atoms with E-state index in [0.717, 1.165) is 0 Å². The van der Waals surface area contributed by atoms with E-state index in [4.69, 9.17) is 10.2 Å². The van der Waals surface area contributed by atoms with E-state index in [1.165, 1.54) is 12.4 Å². The fraction of sp³-hybridized carbons (Fsp3) is 0.286. The number of carboxylic acid groups (broad SMARTS) is 1. The predicted octanol–water partition coefficient (Wildman–Crippen LogP) is -1.41. The maximum absolute atomic E-state index is 11.2. The van der Waals surface area contributed by atoms with Gasteiger partial charge in [-0.25, -0.2) is 4.79 Å². The van der Waals surface area contributed by atoms with Crippen molar-refractivity contribution >= 4 is 11.9 Å². The molecule has 1 atom stereocenters. The van der Waals surface area contributed by atoms with E-state index in [1.54, 1.807) is 0 Å². The van der Waals surface area contributed by atoms with Crippen LogP contribution in [0.5, 0.6) is 0 Å². The van der Waals surface area contributed by atoms with Crippen molar-refractivity contribution in [3.05, 3.63) is 18.0 Å². The van der Waals surface area contributed by atoms with E-state index >= 15 is 0 Å². The van der Waals surface area contributed by atoms with Crippen molar-refractivity contribution < 1.29 is 19.8 Å². The SMILES string of the molecule is O=C(NC(CO)C(=O)O)c1cn[nH]c1. The molecule has 1 amide bonds. The Morgan fingerprint density at radius 2 is 2.36 bits per heavy atom. The highest BCUT2D eigenvalue weighted by molar-refractivity contribution is 5.96. The first-order valence-electron chi connectivity index (χ1n) is 3.78. The number of carbonyl (C=O) groups excluding carboxylic acids is 1. The first kappa shape index (κ1) is 10.2. The molecule has 0 radical (unpaired) electrons. The van der Waals surface area contributed by atoms with E-state index in [0.29, 0.717) is 0 Å². The number of H-pyrrole nitrogens is 1. The lowest BCUT2D eigenvalue weighted by Gasteiger charge is -2.09. The normalized spacial score (nSPS) is 12.1. The Bertz CT molecular complexity index is 322. The highest BCUT2D eigenvalue weighted by atomic mass is 16.4. The first-order valence-corrected chi connectivity index (χ1v) is 3.78. The molecule has 0 fully saturated rings. The number of nitrogens with zero attached hydrogens (tertiary/aromatic N) is 1. The van der Waals surface area contributed by atoms with Crippen LogP contribution in [0.1, 0.15) is 10.4 Å². The van der Waals surface area contributed by atoms with Crippen LogP contribution in [0.2, 0.25) is 0 Å².